The number of primary amides is 1. The van der Waals surface area contributed by atoms with Crippen molar-refractivity contribution in [2.24, 2.45) is 17.4 Å². The van der Waals surface area contributed by atoms with Gasteiger partial charge in [-0.25, -0.2) is 4.79 Å². The molecule has 4 unspecified atom stereocenters. The average Bonchev–Trinajstić information content (AvgIpc) is 2.61. The molecule has 0 aromatic carbocycles. The van der Waals surface area contributed by atoms with Crippen molar-refractivity contribution in [1.29, 1.82) is 0 Å². The van der Waals surface area contributed by atoms with E-state index in [1.165, 1.54) is 0 Å². The molecule has 0 aliphatic rings. The van der Waals surface area contributed by atoms with Crippen LogP contribution in [-0.2, 0) is 24.0 Å². The number of hydrogen-bond acceptors (Lipinski definition) is 7. The number of amides is 4. The smallest absolute Gasteiger partial charge is 0.328 e. The number of carboxylic acids is 1. The van der Waals surface area contributed by atoms with Crippen molar-refractivity contribution < 1.29 is 34.2 Å². The zero-order chi connectivity index (χ0) is 21.1. The first-order valence-electron chi connectivity index (χ1n) is 8.28. The van der Waals surface area contributed by atoms with Crippen molar-refractivity contribution in [3.8, 4) is 0 Å². The number of nitrogens with one attached hydrogen (secondary N) is 3. The van der Waals surface area contributed by atoms with Crippen LogP contribution in [-0.4, -0.2) is 71.1 Å². The molecule has 9 N–H and O–H groups in total. The lowest BCUT2D eigenvalue weighted by molar-refractivity contribution is -0.143. The second-order valence-electron chi connectivity index (χ2n) is 6.00. The van der Waals surface area contributed by atoms with E-state index in [4.69, 9.17) is 21.7 Å². The molecule has 0 rings (SSSR count). The quantitative estimate of drug-likeness (QED) is 0.176. The van der Waals surface area contributed by atoms with Gasteiger partial charge in [0.05, 0.1) is 25.6 Å². The maximum absolute atomic E-state index is 12.1. The Labute approximate surface area is 156 Å². The Balaban J connectivity index is 4.83. The predicted octanol–water partition coefficient (Wildman–Crippen LogP) is -3.60. The van der Waals surface area contributed by atoms with Crippen LogP contribution < -0.4 is 27.4 Å². The minimum atomic E-state index is -1.52. The lowest BCUT2D eigenvalue weighted by Crippen LogP contribution is -2.55. The standard InChI is InChI=1S/C15H27N5O7/c1-3-7(2)12(17)14(25)20-8(4-10(16)22)13(24)18-5-11(23)19-9(6-21)15(26)27/h7-9,12,21H,3-6,17H2,1-2H3,(H2,16,22)(H,18,24)(H,19,23)(H,20,25)(H,26,27). The summed E-state index contributed by atoms with van der Waals surface area (Å²) >= 11 is 0. The molecular weight excluding hydrogens is 362 g/mol. The first kappa shape index (κ1) is 24.3. The molecule has 12 nitrogen and oxygen atoms in total. The topological polar surface area (TPSA) is 214 Å². The molecule has 0 aromatic rings. The second kappa shape index (κ2) is 11.8. The summed E-state index contributed by atoms with van der Waals surface area (Å²) in [5.41, 5.74) is 10.8. The second-order valence-corrected chi connectivity index (χ2v) is 6.00. The monoisotopic (exact) mass is 389 g/mol. The Morgan fingerprint density at radius 2 is 1.63 bits per heavy atom. The molecule has 0 fully saturated rings. The third-order valence-electron chi connectivity index (χ3n) is 3.84. The number of aliphatic carboxylic acids is 1. The number of carboxylic acid groups (broad SMARTS) is 1. The number of aliphatic hydroxyl groups is 1. The molecule has 4 atom stereocenters. The van der Waals surface area contributed by atoms with Gasteiger partial charge in [0.15, 0.2) is 0 Å². The molecule has 27 heavy (non-hydrogen) atoms. The Morgan fingerprint density at radius 1 is 1.04 bits per heavy atom. The van der Waals surface area contributed by atoms with Gasteiger partial charge in [0.25, 0.3) is 0 Å². The molecule has 0 heterocycles. The summed E-state index contributed by atoms with van der Waals surface area (Å²) in [5.74, 6) is -4.88. The van der Waals surface area contributed by atoms with Gasteiger partial charge in [0, 0.05) is 0 Å². The van der Waals surface area contributed by atoms with Gasteiger partial charge in [-0.05, 0) is 5.92 Å². The Hall–Kier alpha value is -2.73. The van der Waals surface area contributed by atoms with Crippen molar-refractivity contribution in [3.63, 3.8) is 0 Å². The minimum absolute atomic E-state index is 0.167. The number of hydrogen-bond donors (Lipinski definition) is 7. The molecular formula is C15H27N5O7. The normalized spacial score (nSPS) is 15.0. The molecule has 0 aromatic heterocycles. The molecule has 0 radical (unpaired) electrons. The van der Waals surface area contributed by atoms with Crippen molar-refractivity contribution in [3.05, 3.63) is 0 Å². The van der Waals surface area contributed by atoms with Crippen molar-refractivity contribution >= 4 is 29.6 Å². The van der Waals surface area contributed by atoms with Gasteiger partial charge < -0.3 is 37.6 Å². The minimum Gasteiger partial charge on any atom is -0.480 e. The van der Waals surface area contributed by atoms with Crippen LogP contribution >= 0.6 is 0 Å². The fraction of sp³-hybridized carbons (Fsp3) is 0.667. The van der Waals surface area contributed by atoms with Gasteiger partial charge in [-0.2, -0.15) is 0 Å². The number of rotatable bonds is 12. The molecule has 0 aliphatic heterocycles. The number of carbonyl (C=O) groups is 5. The largest absolute Gasteiger partial charge is 0.480 e. The van der Waals surface area contributed by atoms with E-state index < -0.39 is 67.3 Å². The van der Waals surface area contributed by atoms with E-state index in [1.54, 1.807) is 6.92 Å². The molecule has 0 bridgehead atoms. The third kappa shape index (κ3) is 8.96. The number of aliphatic hydroxyl groups excluding tert-OH is 1. The average molecular weight is 389 g/mol. The van der Waals surface area contributed by atoms with Crippen molar-refractivity contribution in [2.45, 2.75) is 44.8 Å². The Bertz CT molecular complexity index is 569. The highest BCUT2D eigenvalue weighted by molar-refractivity contribution is 5.95. The predicted molar refractivity (Wildman–Crippen MR) is 92.8 cm³/mol. The van der Waals surface area contributed by atoms with Crippen LogP contribution in [0.4, 0.5) is 0 Å². The van der Waals surface area contributed by atoms with E-state index in [9.17, 15) is 24.0 Å². The maximum atomic E-state index is 12.1. The summed E-state index contributed by atoms with van der Waals surface area (Å²) in [6, 6.07) is -3.77. The highest BCUT2D eigenvalue weighted by atomic mass is 16.4. The van der Waals surface area contributed by atoms with E-state index in [1.807, 2.05) is 12.2 Å². The summed E-state index contributed by atoms with van der Waals surface area (Å²) in [5, 5.41) is 24.0. The molecule has 0 saturated heterocycles. The summed E-state index contributed by atoms with van der Waals surface area (Å²) in [7, 11) is 0. The van der Waals surface area contributed by atoms with Crippen LogP contribution in [0.25, 0.3) is 0 Å². The number of carbonyl (C=O) groups excluding carboxylic acids is 4. The van der Waals surface area contributed by atoms with Gasteiger partial charge in [-0.1, -0.05) is 20.3 Å². The first-order valence-corrected chi connectivity index (χ1v) is 8.28. The lowest BCUT2D eigenvalue weighted by Gasteiger charge is -2.22. The summed E-state index contributed by atoms with van der Waals surface area (Å²) in [4.78, 5) is 57.7. The highest BCUT2D eigenvalue weighted by Crippen LogP contribution is 2.06. The van der Waals surface area contributed by atoms with Crippen LogP contribution in [0, 0.1) is 5.92 Å². The molecule has 0 saturated carbocycles. The Kier molecular flexibility index (Phi) is 10.6. The van der Waals surface area contributed by atoms with Crippen LogP contribution in [0.3, 0.4) is 0 Å². The van der Waals surface area contributed by atoms with Crippen LogP contribution in [0.5, 0.6) is 0 Å². The van der Waals surface area contributed by atoms with E-state index in [-0.39, 0.29) is 5.92 Å². The van der Waals surface area contributed by atoms with Gasteiger partial charge in [0.2, 0.25) is 23.6 Å². The maximum Gasteiger partial charge on any atom is 0.328 e. The summed E-state index contributed by atoms with van der Waals surface area (Å²) < 4.78 is 0. The third-order valence-corrected chi connectivity index (χ3v) is 3.84. The molecule has 12 heteroatoms. The van der Waals surface area contributed by atoms with Gasteiger partial charge in [0.1, 0.15) is 12.1 Å². The fourth-order valence-electron chi connectivity index (χ4n) is 1.91. The number of nitrogens with two attached hydrogens (primary N) is 2. The fourth-order valence-corrected chi connectivity index (χ4v) is 1.91. The Morgan fingerprint density at radius 3 is 2.07 bits per heavy atom. The van der Waals surface area contributed by atoms with E-state index in [0.717, 1.165) is 0 Å². The van der Waals surface area contributed by atoms with Crippen LogP contribution in [0.2, 0.25) is 0 Å². The van der Waals surface area contributed by atoms with Crippen LogP contribution in [0.1, 0.15) is 26.7 Å². The SMILES string of the molecule is CCC(C)C(N)C(=O)NC(CC(N)=O)C(=O)NCC(=O)NC(CO)C(=O)O. The van der Waals surface area contributed by atoms with Crippen molar-refractivity contribution in [2.75, 3.05) is 13.2 Å². The van der Waals surface area contributed by atoms with Gasteiger partial charge in [-0.15, -0.1) is 0 Å². The summed E-state index contributed by atoms with van der Waals surface area (Å²) in [6.07, 6.45) is 0.109. The van der Waals surface area contributed by atoms with Crippen LogP contribution in [0.15, 0.2) is 0 Å². The zero-order valence-electron chi connectivity index (χ0n) is 15.2. The van der Waals surface area contributed by atoms with E-state index in [0.29, 0.717) is 6.42 Å². The van der Waals surface area contributed by atoms with E-state index >= 15 is 0 Å². The van der Waals surface area contributed by atoms with Crippen molar-refractivity contribution in [1.82, 2.24) is 16.0 Å². The first-order chi connectivity index (χ1) is 12.5. The van der Waals surface area contributed by atoms with E-state index in [2.05, 4.69) is 10.6 Å². The molecule has 0 aliphatic carbocycles. The molecule has 4 amide bonds. The molecule has 0 spiro atoms. The van der Waals surface area contributed by atoms with Gasteiger partial charge >= 0.3 is 5.97 Å². The van der Waals surface area contributed by atoms with Gasteiger partial charge in [-0.3, -0.25) is 19.2 Å². The lowest BCUT2D eigenvalue weighted by atomic mass is 9.99. The summed E-state index contributed by atoms with van der Waals surface area (Å²) in [6.45, 7) is 2.12. The molecule has 154 valence electrons. The zero-order valence-corrected chi connectivity index (χ0v) is 15.2. The highest BCUT2D eigenvalue weighted by Gasteiger charge is 2.28.